The van der Waals surface area contributed by atoms with Crippen LogP contribution in [0.25, 0.3) is 22.6 Å². The van der Waals surface area contributed by atoms with Crippen molar-refractivity contribution in [2.45, 2.75) is 6.42 Å². The van der Waals surface area contributed by atoms with E-state index in [2.05, 4.69) is 21.0 Å². The molecule has 86 valence electrons. The third-order valence-corrected chi connectivity index (χ3v) is 2.74. The second-order valence-corrected chi connectivity index (χ2v) is 3.99. The normalized spacial score (nSPS) is 10.4. The second-order valence-electron chi connectivity index (χ2n) is 3.99. The van der Waals surface area contributed by atoms with Crippen LogP contribution >= 0.6 is 0 Å². The van der Waals surface area contributed by atoms with Gasteiger partial charge in [-0.2, -0.15) is 5.26 Å². The summed E-state index contributed by atoms with van der Waals surface area (Å²) in [6.07, 6.45) is 2.15. The van der Waals surface area contributed by atoms with Crippen molar-refractivity contribution in [1.82, 2.24) is 15.0 Å². The largest absolute Gasteiger partial charge is 0.337 e. The van der Waals surface area contributed by atoms with Crippen LogP contribution in [-0.4, -0.2) is 15.0 Å². The molecule has 2 heterocycles. The number of H-pyrrole nitrogens is 1. The highest BCUT2D eigenvalue weighted by Crippen LogP contribution is 2.19. The molecule has 1 N–H and O–H groups in total. The highest BCUT2D eigenvalue weighted by Gasteiger charge is 2.06. The summed E-state index contributed by atoms with van der Waals surface area (Å²) in [7, 11) is 0. The van der Waals surface area contributed by atoms with Gasteiger partial charge >= 0.3 is 0 Å². The predicted octanol–water partition coefficient (Wildman–Crippen LogP) is 2.69. The van der Waals surface area contributed by atoms with E-state index < -0.39 is 0 Å². The summed E-state index contributed by atoms with van der Waals surface area (Å²) in [5.74, 6) is 0.750. The van der Waals surface area contributed by atoms with Crippen molar-refractivity contribution in [3.05, 3.63) is 48.2 Å². The number of aromatic nitrogens is 3. The van der Waals surface area contributed by atoms with Crippen LogP contribution < -0.4 is 0 Å². The third-order valence-electron chi connectivity index (χ3n) is 2.74. The van der Waals surface area contributed by atoms with Crippen LogP contribution in [0.4, 0.5) is 0 Å². The topological polar surface area (TPSA) is 65.4 Å². The summed E-state index contributed by atoms with van der Waals surface area (Å²) in [5.41, 5.74) is 3.62. The first kappa shape index (κ1) is 10.5. The lowest BCUT2D eigenvalue weighted by Crippen LogP contribution is -1.83. The first-order valence-electron chi connectivity index (χ1n) is 5.64. The van der Waals surface area contributed by atoms with Crippen LogP contribution in [0.3, 0.4) is 0 Å². The van der Waals surface area contributed by atoms with Crippen molar-refractivity contribution in [3.8, 4) is 17.6 Å². The third kappa shape index (κ3) is 1.82. The van der Waals surface area contributed by atoms with E-state index in [0.29, 0.717) is 6.42 Å². The Balaban J connectivity index is 2.09. The molecule has 0 atom stereocenters. The minimum atomic E-state index is 0.411. The Kier molecular flexibility index (Phi) is 2.50. The molecule has 0 aliphatic rings. The molecule has 0 unspecified atom stereocenters. The molecule has 0 aliphatic carbocycles. The lowest BCUT2D eigenvalue weighted by atomic mass is 10.1. The second kappa shape index (κ2) is 4.30. The summed E-state index contributed by atoms with van der Waals surface area (Å²) < 4.78 is 0. The van der Waals surface area contributed by atoms with E-state index in [0.717, 1.165) is 28.1 Å². The molecule has 3 aromatic rings. The van der Waals surface area contributed by atoms with Crippen LogP contribution in [0.1, 0.15) is 5.56 Å². The van der Waals surface area contributed by atoms with E-state index in [9.17, 15) is 0 Å². The molecular formula is C14H10N4. The van der Waals surface area contributed by atoms with Gasteiger partial charge in [-0.05, 0) is 29.8 Å². The van der Waals surface area contributed by atoms with Gasteiger partial charge < -0.3 is 4.98 Å². The molecule has 0 amide bonds. The maximum atomic E-state index is 8.69. The van der Waals surface area contributed by atoms with Crippen LogP contribution in [0.15, 0.2) is 42.6 Å². The molecular weight excluding hydrogens is 224 g/mol. The van der Waals surface area contributed by atoms with Crippen LogP contribution in [0, 0.1) is 11.3 Å². The van der Waals surface area contributed by atoms with Crippen LogP contribution in [0.2, 0.25) is 0 Å². The number of nitrogens with one attached hydrogen (secondary N) is 1. The maximum Gasteiger partial charge on any atom is 0.157 e. The van der Waals surface area contributed by atoms with Crippen molar-refractivity contribution in [3.63, 3.8) is 0 Å². The fourth-order valence-corrected chi connectivity index (χ4v) is 1.88. The molecule has 3 rings (SSSR count). The number of pyridine rings is 1. The number of hydrogen-bond acceptors (Lipinski definition) is 3. The van der Waals surface area contributed by atoms with Gasteiger partial charge in [0.25, 0.3) is 0 Å². The summed E-state index contributed by atoms with van der Waals surface area (Å²) >= 11 is 0. The summed E-state index contributed by atoms with van der Waals surface area (Å²) in [6.45, 7) is 0. The molecule has 0 saturated heterocycles. The van der Waals surface area contributed by atoms with Gasteiger partial charge in [0.05, 0.1) is 23.5 Å². The van der Waals surface area contributed by atoms with E-state index in [1.165, 1.54) is 0 Å². The van der Waals surface area contributed by atoms with Gasteiger partial charge in [0.15, 0.2) is 5.82 Å². The summed E-state index contributed by atoms with van der Waals surface area (Å²) in [6, 6.07) is 13.7. The van der Waals surface area contributed by atoms with Crippen molar-refractivity contribution < 1.29 is 0 Å². The molecule has 0 fully saturated rings. The number of aromatic amines is 1. The van der Waals surface area contributed by atoms with E-state index in [-0.39, 0.29) is 0 Å². The Hall–Kier alpha value is -2.67. The number of imidazole rings is 1. The first-order valence-corrected chi connectivity index (χ1v) is 5.64. The minimum Gasteiger partial charge on any atom is -0.337 e. The molecule has 0 radical (unpaired) electrons. The molecule has 1 aromatic carbocycles. The van der Waals surface area contributed by atoms with Crippen molar-refractivity contribution >= 4 is 11.0 Å². The average molecular weight is 234 g/mol. The SMILES string of the molecule is N#CCc1ccc2nc(-c3ccccn3)[nH]c2c1. The van der Waals surface area contributed by atoms with Crippen molar-refractivity contribution in [2.75, 3.05) is 0 Å². The fraction of sp³-hybridized carbons (Fsp3) is 0.0714. The molecule has 18 heavy (non-hydrogen) atoms. The molecule has 0 bridgehead atoms. The Morgan fingerprint density at radius 1 is 1.22 bits per heavy atom. The molecule has 4 nitrogen and oxygen atoms in total. The van der Waals surface area contributed by atoms with Crippen molar-refractivity contribution in [1.29, 1.82) is 5.26 Å². The van der Waals surface area contributed by atoms with Gasteiger partial charge in [-0.1, -0.05) is 12.1 Å². The monoisotopic (exact) mass is 234 g/mol. The van der Waals surface area contributed by atoms with Gasteiger partial charge in [-0.15, -0.1) is 0 Å². The Morgan fingerprint density at radius 2 is 2.17 bits per heavy atom. The number of nitriles is 1. The first-order chi connectivity index (χ1) is 8.86. The van der Waals surface area contributed by atoms with Crippen LogP contribution in [-0.2, 0) is 6.42 Å². The van der Waals surface area contributed by atoms with E-state index in [1.807, 2.05) is 36.4 Å². The minimum absolute atomic E-state index is 0.411. The maximum absolute atomic E-state index is 8.69. The van der Waals surface area contributed by atoms with Gasteiger partial charge in [0.1, 0.15) is 5.69 Å². The number of hydrogen-bond donors (Lipinski definition) is 1. The standard InChI is InChI=1S/C14H10N4/c15-7-6-10-4-5-11-13(9-10)18-14(17-11)12-3-1-2-8-16-12/h1-5,8-9H,6H2,(H,17,18). The van der Waals surface area contributed by atoms with Gasteiger partial charge in [-0.25, -0.2) is 4.98 Å². The van der Waals surface area contributed by atoms with Gasteiger partial charge in [0.2, 0.25) is 0 Å². The van der Waals surface area contributed by atoms with Crippen molar-refractivity contribution in [2.24, 2.45) is 0 Å². The number of fused-ring (bicyclic) bond motifs is 1. The van der Waals surface area contributed by atoms with E-state index >= 15 is 0 Å². The smallest absolute Gasteiger partial charge is 0.157 e. The molecule has 0 saturated carbocycles. The predicted molar refractivity (Wildman–Crippen MR) is 68.6 cm³/mol. The van der Waals surface area contributed by atoms with Gasteiger partial charge in [-0.3, -0.25) is 4.98 Å². The Labute approximate surface area is 104 Å². The zero-order valence-electron chi connectivity index (χ0n) is 9.59. The summed E-state index contributed by atoms with van der Waals surface area (Å²) in [4.78, 5) is 12.0. The number of nitrogens with zero attached hydrogens (tertiary/aromatic N) is 3. The highest BCUT2D eigenvalue weighted by molar-refractivity contribution is 5.79. The Bertz CT molecular complexity index is 722. The molecule has 2 aromatic heterocycles. The Morgan fingerprint density at radius 3 is 2.94 bits per heavy atom. The lowest BCUT2D eigenvalue weighted by Gasteiger charge is -1.93. The molecule has 0 aliphatic heterocycles. The average Bonchev–Trinajstić information content (AvgIpc) is 2.83. The van der Waals surface area contributed by atoms with E-state index in [1.54, 1.807) is 6.20 Å². The quantitative estimate of drug-likeness (QED) is 0.741. The molecule has 0 spiro atoms. The summed E-state index contributed by atoms with van der Waals surface area (Å²) in [5, 5.41) is 8.69. The highest BCUT2D eigenvalue weighted by atomic mass is 14.9. The number of benzene rings is 1. The lowest BCUT2D eigenvalue weighted by molar-refractivity contribution is 1.24. The van der Waals surface area contributed by atoms with Gasteiger partial charge in [0, 0.05) is 6.20 Å². The molecule has 4 heteroatoms. The van der Waals surface area contributed by atoms with E-state index in [4.69, 9.17) is 5.26 Å². The fourth-order valence-electron chi connectivity index (χ4n) is 1.88. The zero-order chi connectivity index (χ0) is 12.4. The zero-order valence-corrected chi connectivity index (χ0v) is 9.59. The van der Waals surface area contributed by atoms with Crippen LogP contribution in [0.5, 0.6) is 0 Å². The number of rotatable bonds is 2.